The van der Waals surface area contributed by atoms with Gasteiger partial charge in [0.25, 0.3) is 0 Å². The van der Waals surface area contributed by atoms with Gasteiger partial charge in [-0.05, 0) is 49.2 Å². The number of rotatable bonds is 7. The van der Waals surface area contributed by atoms with Crippen LogP contribution in [0, 0.1) is 0 Å². The minimum Gasteiger partial charge on any atom is -0.493 e. The number of piperazine rings is 1. The molecular weight excluding hydrogens is 408 g/mol. The molecule has 2 unspecified atom stereocenters. The van der Waals surface area contributed by atoms with Gasteiger partial charge in [0, 0.05) is 32.7 Å². The summed E-state index contributed by atoms with van der Waals surface area (Å²) in [5.74, 6) is 2.20. The van der Waals surface area contributed by atoms with Gasteiger partial charge in [0.05, 0.1) is 33.1 Å². The first-order valence-electron chi connectivity index (χ1n) is 11.2. The van der Waals surface area contributed by atoms with Crippen molar-refractivity contribution in [3.05, 3.63) is 47.5 Å². The van der Waals surface area contributed by atoms with Crippen LogP contribution in [-0.4, -0.2) is 69.2 Å². The fourth-order valence-electron chi connectivity index (χ4n) is 4.69. The van der Waals surface area contributed by atoms with E-state index in [1.54, 1.807) is 14.2 Å². The molecule has 7 heteroatoms. The van der Waals surface area contributed by atoms with E-state index in [-0.39, 0.29) is 0 Å². The molecule has 0 radical (unpaired) electrons. The van der Waals surface area contributed by atoms with Crippen LogP contribution < -0.4 is 19.1 Å². The molecule has 174 valence electrons. The Balaban J connectivity index is 1.43. The number of aliphatic hydroxyl groups is 1. The van der Waals surface area contributed by atoms with Crippen molar-refractivity contribution in [2.24, 2.45) is 0 Å². The Morgan fingerprint density at radius 2 is 1.72 bits per heavy atom. The van der Waals surface area contributed by atoms with E-state index in [1.807, 2.05) is 38.1 Å². The number of hydrogen-bond acceptors (Lipinski definition) is 7. The molecule has 1 fully saturated rings. The monoisotopic (exact) mass is 442 g/mol. The molecular formula is C25H34N2O5. The zero-order chi connectivity index (χ0) is 22.7. The molecule has 0 bridgehead atoms. The van der Waals surface area contributed by atoms with Crippen LogP contribution in [0.5, 0.6) is 17.2 Å². The number of para-hydroxylation sites is 2. The number of anilines is 1. The number of nitrogens with zero attached hydrogens (tertiary/aromatic N) is 2. The van der Waals surface area contributed by atoms with E-state index >= 15 is 0 Å². The molecule has 0 spiro atoms. The van der Waals surface area contributed by atoms with Crippen molar-refractivity contribution < 1.29 is 24.1 Å². The van der Waals surface area contributed by atoms with Gasteiger partial charge in [-0.1, -0.05) is 12.1 Å². The second-order valence-corrected chi connectivity index (χ2v) is 8.57. The van der Waals surface area contributed by atoms with E-state index in [1.165, 1.54) is 0 Å². The molecule has 0 amide bonds. The Labute approximate surface area is 190 Å². The van der Waals surface area contributed by atoms with Crippen LogP contribution in [0.4, 0.5) is 5.69 Å². The first-order valence-corrected chi connectivity index (χ1v) is 11.2. The summed E-state index contributed by atoms with van der Waals surface area (Å²) in [6.45, 7) is 9.34. The van der Waals surface area contributed by atoms with Crippen molar-refractivity contribution >= 4 is 5.69 Å². The molecule has 2 aromatic rings. The predicted molar refractivity (Wildman–Crippen MR) is 124 cm³/mol. The van der Waals surface area contributed by atoms with Crippen LogP contribution in [0.2, 0.25) is 0 Å². The van der Waals surface area contributed by atoms with Crippen molar-refractivity contribution in [3.8, 4) is 17.2 Å². The third-order valence-electron chi connectivity index (χ3n) is 6.49. The van der Waals surface area contributed by atoms with Crippen molar-refractivity contribution in [3.63, 3.8) is 0 Å². The second-order valence-electron chi connectivity index (χ2n) is 8.57. The lowest BCUT2D eigenvalue weighted by molar-refractivity contribution is -0.149. The van der Waals surface area contributed by atoms with Gasteiger partial charge >= 0.3 is 0 Å². The summed E-state index contributed by atoms with van der Waals surface area (Å²) in [5, 5.41) is 11.2. The van der Waals surface area contributed by atoms with Gasteiger partial charge in [-0.2, -0.15) is 0 Å². The van der Waals surface area contributed by atoms with E-state index in [0.717, 1.165) is 48.7 Å². The van der Waals surface area contributed by atoms with Gasteiger partial charge in [-0.3, -0.25) is 4.90 Å². The molecule has 2 aliphatic rings. The van der Waals surface area contributed by atoms with Crippen LogP contribution in [0.25, 0.3) is 0 Å². The maximum atomic E-state index is 11.2. The molecule has 7 nitrogen and oxygen atoms in total. The Kier molecular flexibility index (Phi) is 6.79. The summed E-state index contributed by atoms with van der Waals surface area (Å²) in [5.41, 5.74) is 2.23. The van der Waals surface area contributed by atoms with Gasteiger partial charge in [0.1, 0.15) is 17.5 Å². The smallest absolute Gasteiger partial charge is 0.161 e. The van der Waals surface area contributed by atoms with Crippen LogP contribution in [0.15, 0.2) is 36.4 Å². The molecule has 0 aliphatic carbocycles. The highest BCUT2D eigenvalue weighted by Crippen LogP contribution is 2.42. The molecule has 1 saturated heterocycles. The first kappa shape index (κ1) is 22.7. The Morgan fingerprint density at radius 3 is 2.41 bits per heavy atom. The van der Waals surface area contributed by atoms with E-state index < -0.39 is 11.7 Å². The van der Waals surface area contributed by atoms with Gasteiger partial charge in [0.15, 0.2) is 11.5 Å². The summed E-state index contributed by atoms with van der Waals surface area (Å²) in [6.07, 6.45) is -0.747. The quantitative estimate of drug-likeness (QED) is 0.706. The number of fused-ring (bicyclic) bond motifs is 1. The van der Waals surface area contributed by atoms with E-state index in [2.05, 4.69) is 21.9 Å². The molecule has 0 aromatic heterocycles. The van der Waals surface area contributed by atoms with Crippen molar-refractivity contribution in [2.45, 2.75) is 32.2 Å². The lowest BCUT2D eigenvalue weighted by Crippen LogP contribution is -2.54. The average molecular weight is 443 g/mol. The zero-order valence-corrected chi connectivity index (χ0v) is 19.5. The molecule has 1 N–H and O–H groups in total. The summed E-state index contributed by atoms with van der Waals surface area (Å²) in [7, 11) is 3.22. The van der Waals surface area contributed by atoms with E-state index in [0.29, 0.717) is 31.3 Å². The highest BCUT2D eigenvalue weighted by molar-refractivity contribution is 5.58. The number of methoxy groups -OCH3 is 2. The first-order chi connectivity index (χ1) is 15.5. The summed E-state index contributed by atoms with van der Waals surface area (Å²) in [6, 6.07) is 12.0. The fraction of sp³-hybridized carbons (Fsp3) is 0.520. The third kappa shape index (κ3) is 4.37. The summed E-state index contributed by atoms with van der Waals surface area (Å²) < 4.78 is 22.9. The fourth-order valence-corrected chi connectivity index (χ4v) is 4.69. The van der Waals surface area contributed by atoms with Crippen molar-refractivity contribution in [1.29, 1.82) is 0 Å². The van der Waals surface area contributed by atoms with Crippen molar-refractivity contribution in [1.82, 2.24) is 4.90 Å². The van der Waals surface area contributed by atoms with Crippen LogP contribution in [0.1, 0.15) is 31.1 Å². The standard InChI is InChI=1S/C25H34N2O5/c1-5-31-21-9-7-6-8-20(21)27-12-10-26(11-13-27)17-25(2)24(28)19-15-23(30-4)22(29-3)14-18(19)16-32-25/h6-9,14-15,24,28H,5,10-13,16-17H2,1-4H3. The van der Waals surface area contributed by atoms with E-state index in [9.17, 15) is 5.11 Å². The Hall–Kier alpha value is -2.48. The average Bonchev–Trinajstić information content (AvgIpc) is 2.82. The van der Waals surface area contributed by atoms with Crippen LogP contribution >= 0.6 is 0 Å². The second kappa shape index (κ2) is 9.57. The van der Waals surface area contributed by atoms with Crippen molar-refractivity contribution in [2.75, 3.05) is 58.5 Å². The molecule has 4 rings (SSSR count). The normalized spacial score (nSPS) is 23.5. The maximum Gasteiger partial charge on any atom is 0.161 e. The lowest BCUT2D eigenvalue weighted by Gasteiger charge is -2.45. The van der Waals surface area contributed by atoms with Crippen LogP contribution in [0.3, 0.4) is 0 Å². The highest BCUT2D eigenvalue weighted by atomic mass is 16.5. The largest absolute Gasteiger partial charge is 0.493 e. The van der Waals surface area contributed by atoms with E-state index in [4.69, 9.17) is 18.9 Å². The zero-order valence-electron chi connectivity index (χ0n) is 19.5. The summed E-state index contributed by atoms with van der Waals surface area (Å²) in [4.78, 5) is 4.74. The van der Waals surface area contributed by atoms with Crippen LogP contribution in [-0.2, 0) is 11.3 Å². The van der Waals surface area contributed by atoms with Gasteiger partial charge < -0.3 is 29.0 Å². The molecule has 32 heavy (non-hydrogen) atoms. The Morgan fingerprint density at radius 1 is 1.03 bits per heavy atom. The SMILES string of the molecule is CCOc1ccccc1N1CCN(CC2(C)OCc3cc(OC)c(OC)cc3C2O)CC1. The maximum absolute atomic E-state index is 11.2. The van der Waals surface area contributed by atoms with Gasteiger partial charge in [-0.25, -0.2) is 0 Å². The third-order valence-corrected chi connectivity index (χ3v) is 6.49. The highest BCUT2D eigenvalue weighted by Gasteiger charge is 2.42. The minimum absolute atomic E-state index is 0.435. The number of benzene rings is 2. The summed E-state index contributed by atoms with van der Waals surface area (Å²) >= 11 is 0. The number of ether oxygens (including phenoxy) is 4. The topological polar surface area (TPSA) is 63.6 Å². The minimum atomic E-state index is -0.747. The lowest BCUT2D eigenvalue weighted by atomic mass is 9.86. The number of hydrogen-bond donors (Lipinski definition) is 1. The number of aliphatic hydroxyl groups excluding tert-OH is 1. The Bertz CT molecular complexity index is 929. The molecule has 2 heterocycles. The van der Waals surface area contributed by atoms with Gasteiger partial charge in [-0.15, -0.1) is 0 Å². The van der Waals surface area contributed by atoms with Gasteiger partial charge in [0.2, 0.25) is 0 Å². The molecule has 2 aromatic carbocycles. The molecule has 2 aliphatic heterocycles. The predicted octanol–water partition coefficient (Wildman–Crippen LogP) is 3.25. The molecule has 2 atom stereocenters. The molecule has 0 saturated carbocycles.